The third-order valence-electron chi connectivity index (χ3n) is 2.98. The summed E-state index contributed by atoms with van der Waals surface area (Å²) in [5.74, 6) is 1.60. The number of aromatic nitrogens is 4. The topological polar surface area (TPSA) is 69.7 Å². The number of nitrogens with one attached hydrogen (secondary N) is 2. The monoisotopic (exact) mass is 262 g/mol. The number of rotatable bonds is 6. The Bertz CT molecular complexity index is 533. The van der Waals surface area contributed by atoms with Gasteiger partial charge in [0.1, 0.15) is 5.82 Å². The van der Waals surface area contributed by atoms with E-state index in [-0.39, 0.29) is 0 Å². The van der Waals surface area contributed by atoms with Crippen LogP contribution in [0.2, 0.25) is 0 Å². The minimum Gasteiger partial charge on any atom is -0.354 e. The molecular formula is C13H22N6. The van der Waals surface area contributed by atoms with Gasteiger partial charge >= 0.3 is 0 Å². The predicted octanol–water partition coefficient (Wildman–Crippen LogP) is 2.41. The maximum atomic E-state index is 4.65. The molecule has 0 bridgehead atoms. The molecule has 2 aromatic rings. The number of anilines is 2. The zero-order valence-electron chi connectivity index (χ0n) is 12.1. The van der Waals surface area contributed by atoms with Crippen molar-refractivity contribution in [3.05, 3.63) is 6.20 Å². The van der Waals surface area contributed by atoms with E-state index in [0.717, 1.165) is 36.4 Å². The Morgan fingerprint density at radius 3 is 2.74 bits per heavy atom. The van der Waals surface area contributed by atoms with Crippen LogP contribution in [0.25, 0.3) is 11.0 Å². The molecule has 0 fully saturated rings. The van der Waals surface area contributed by atoms with Gasteiger partial charge < -0.3 is 10.2 Å². The normalized spacial score (nSPS) is 11.2. The number of hydrogen-bond acceptors (Lipinski definition) is 5. The Labute approximate surface area is 113 Å². The van der Waals surface area contributed by atoms with Crippen LogP contribution >= 0.6 is 0 Å². The molecule has 2 heterocycles. The highest BCUT2D eigenvalue weighted by atomic mass is 15.3. The van der Waals surface area contributed by atoms with Crippen LogP contribution in [-0.4, -0.2) is 39.3 Å². The van der Waals surface area contributed by atoms with E-state index in [1.54, 1.807) is 6.20 Å². The summed E-state index contributed by atoms with van der Waals surface area (Å²) in [5.41, 5.74) is 0.780. The van der Waals surface area contributed by atoms with Crippen molar-refractivity contribution in [1.29, 1.82) is 0 Å². The summed E-state index contributed by atoms with van der Waals surface area (Å²) in [4.78, 5) is 11.4. The average Bonchev–Trinajstić information content (AvgIpc) is 2.83. The summed E-state index contributed by atoms with van der Waals surface area (Å²) >= 11 is 0. The fraction of sp³-hybridized carbons (Fsp3) is 0.615. The van der Waals surface area contributed by atoms with Crippen molar-refractivity contribution in [3.8, 4) is 0 Å². The third-order valence-corrected chi connectivity index (χ3v) is 2.98. The van der Waals surface area contributed by atoms with Crippen LogP contribution in [0.4, 0.5) is 11.8 Å². The van der Waals surface area contributed by atoms with Crippen molar-refractivity contribution in [2.24, 2.45) is 0 Å². The van der Waals surface area contributed by atoms with E-state index in [0.29, 0.717) is 12.0 Å². The molecule has 0 aromatic carbocycles. The van der Waals surface area contributed by atoms with Gasteiger partial charge in [-0.3, -0.25) is 5.10 Å². The molecule has 2 aromatic heterocycles. The van der Waals surface area contributed by atoms with E-state index < -0.39 is 0 Å². The summed E-state index contributed by atoms with van der Waals surface area (Å²) in [6.07, 6.45) is 2.88. The van der Waals surface area contributed by atoms with Crippen molar-refractivity contribution in [3.63, 3.8) is 0 Å². The molecular weight excluding hydrogens is 240 g/mol. The number of H-pyrrole nitrogens is 1. The van der Waals surface area contributed by atoms with Gasteiger partial charge in [0.05, 0.1) is 11.6 Å². The highest BCUT2D eigenvalue weighted by Gasteiger charge is 2.17. The molecule has 0 unspecified atom stereocenters. The van der Waals surface area contributed by atoms with Crippen LogP contribution in [0.5, 0.6) is 0 Å². The molecule has 0 saturated carbocycles. The molecule has 0 saturated heterocycles. The molecule has 0 aliphatic heterocycles. The Morgan fingerprint density at radius 1 is 1.32 bits per heavy atom. The third kappa shape index (κ3) is 2.77. The number of nitrogens with zero attached hydrogens (tertiary/aromatic N) is 4. The Balaban J connectivity index is 2.51. The predicted molar refractivity (Wildman–Crippen MR) is 78.6 cm³/mol. The maximum Gasteiger partial charge on any atom is 0.226 e. The molecule has 6 heteroatoms. The van der Waals surface area contributed by atoms with Crippen molar-refractivity contribution in [1.82, 2.24) is 20.2 Å². The minimum absolute atomic E-state index is 0.391. The summed E-state index contributed by atoms with van der Waals surface area (Å²) in [5, 5.41) is 11.2. The number of hydrogen-bond donors (Lipinski definition) is 2. The Kier molecular flexibility index (Phi) is 4.19. The number of fused-ring (bicyclic) bond motifs is 1. The van der Waals surface area contributed by atoms with Crippen molar-refractivity contribution in [2.45, 2.75) is 40.2 Å². The zero-order chi connectivity index (χ0) is 13.8. The second-order valence-electron chi connectivity index (χ2n) is 4.82. The molecule has 0 aliphatic rings. The number of aromatic amines is 1. The molecule has 19 heavy (non-hydrogen) atoms. The highest BCUT2D eigenvalue weighted by molar-refractivity contribution is 5.87. The van der Waals surface area contributed by atoms with Crippen LogP contribution < -0.4 is 10.2 Å². The summed E-state index contributed by atoms with van der Waals surface area (Å²) in [6, 6.07) is 0.391. The summed E-state index contributed by atoms with van der Waals surface area (Å²) < 4.78 is 0. The van der Waals surface area contributed by atoms with Gasteiger partial charge in [-0.1, -0.05) is 6.92 Å². The SMILES string of the molecule is CCCN(c1nc(NCC)nc2[nH]ncc12)C(C)C. The van der Waals surface area contributed by atoms with Gasteiger partial charge in [-0.25, -0.2) is 0 Å². The molecule has 0 amide bonds. The van der Waals surface area contributed by atoms with Gasteiger partial charge in [-0.2, -0.15) is 15.1 Å². The van der Waals surface area contributed by atoms with Gasteiger partial charge in [0.15, 0.2) is 5.65 Å². The van der Waals surface area contributed by atoms with Crippen LogP contribution in [0.15, 0.2) is 6.20 Å². The smallest absolute Gasteiger partial charge is 0.226 e. The molecule has 0 aliphatic carbocycles. The summed E-state index contributed by atoms with van der Waals surface area (Å²) in [7, 11) is 0. The van der Waals surface area contributed by atoms with Gasteiger partial charge in [0.2, 0.25) is 5.95 Å². The molecule has 6 nitrogen and oxygen atoms in total. The molecule has 0 spiro atoms. The lowest BCUT2D eigenvalue weighted by Gasteiger charge is -2.28. The van der Waals surface area contributed by atoms with Crippen molar-refractivity contribution < 1.29 is 0 Å². The summed E-state index contributed by atoms with van der Waals surface area (Å²) in [6.45, 7) is 10.3. The standard InChI is InChI=1S/C13H22N6/c1-5-7-19(9(3)4)12-10-8-15-18-11(10)16-13(17-12)14-6-2/h8-9H,5-7H2,1-4H3,(H2,14,15,16,17,18). The lowest BCUT2D eigenvalue weighted by molar-refractivity contribution is 0.664. The van der Waals surface area contributed by atoms with E-state index >= 15 is 0 Å². The largest absolute Gasteiger partial charge is 0.354 e. The van der Waals surface area contributed by atoms with E-state index in [1.165, 1.54) is 0 Å². The van der Waals surface area contributed by atoms with E-state index in [2.05, 4.69) is 51.2 Å². The molecule has 0 radical (unpaired) electrons. The highest BCUT2D eigenvalue weighted by Crippen LogP contribution is 2.25. The van der Waals surface area contributed by atoms with Crippen molar-refractivity contribution in [2.75, 3.05) is 23.3 Å². The van der Waals surface area contributed by atoms with Gasteiger partial charge in [-0.15, -0.1) is 0 Å². The van der Waals surface area contributed by atoms with Crippen LogP contribution in [-0.2, 0) is 0 Å². The zero-order valence-corrected chi connectivity index (χ0v) is 12.1. The van der Waals surface area contributed by atoms with E-state index in [9.17, 15) is 0 Å². The Hall–Kier alpha value is -1.85. The molecule has 2 N–H and O–H groups in total. The first kappa shape index (κ1) is 13.6. The quantitative estimate of drug-likeness (QED) is 0.836. The van der Waals surface area contributed by atoms with Crippen LogP contribution in [0.3, 0.4) is 0 Å². The fourth-order valence-electron chi connectivity index (χ4n) is 2.13. The van der Waals surface area contributed by atoms with Crippen LogP contribution in [0.1, 0.15) is 34.1 Å². The lowest BCUT2D eigenvalue weighted by atomic mass is 10.2. The molecule has 104 valence electrons. The van der Waals surface area contributed by atoms with E-state index in [4.69, 9.17) is 0 Å². The first-order valence-corrected chi connectivity index (χ1v) is 6.89. The van der Waals surface area contributed by atoms with Gasteiger partial charge in [0.25, 0.3) is 0 Å². The first-order chi connectivity index (χ1) is 9.17. The minimum atomic E-state index is 0.391. The Morgan fingerprint density at radius 2 is 2.11 bits per heavy atom. The second-order valence-corrected chi connectivity index (χ2v) is 4.82. The van der Waals surface area contributed by atoms with E-state index in [1.807, 2.05) is 6.92 Å². The first-order valence-electron chi connectivity index (χ1n) is 6.89. The second kappa shape index (κ2) is 5.86. The maximum absolute atomic E-state index is 4.65. The van der Waals surface area contributed by atoms with Gasteiger partial charge in [-0.05, 0) is 27.2 Å². The molecule has 0 atom stereocenters. The average molecular weight is 262 g/mol. The lowest BCUT2D eigenvalue weighted by Crippen LogP contribution is -2.32. The fourth-order valence-corrected chi connectivity index (χ4v) is 2.13. The molecule has 2 rings (SSSR count). The van der Waals surface area contributed by atoms with Gasteiger partial charge in [0, 0.05) is 19.1 Å². The van der Waals surface area contributed by atoms with Crippen LogP contribution in [0, 0.1) is 0 Å². The van der Waals surface area contributed by atoms with Crippen molar-refractivity contribution >= 4 is 22.8 Å².